The van der Waals surface area contributed by atoms with Gasteiger partial charge in [0.25, 0.3) is 0 Å². The third kappa shape index (κ3) is 8.52. The first-order chi connectivity index (χ1) is 19.8. The second-order valence-corrected chi connectivity index (χ2v) is 11.5. The number of aliphatic hydroxyl groups is 7. The zero-order valence-corrected chi connectivity index (χ0v) is 24.1. The number of likely N-dealkylation sites (N-methyl/N-ethyl adjacent to an activating group) is 1. The van der Waals surface area contributed by atoms with Crippen LogP contribution in [0, 0.1) is 5.41 Å². The highest BCUT2D eigenvalue weighted by Crippen LogP contribution is 2.32. The molecule has 2 saturated heterocycles. The summed E-state index contributed by atoms with van der Waals surface area (Å²) < 4.78 is 23.9. The van der Waals surface area contributed by atoms with Crippen LogP contribution in [-0.2, 0) is 18.9 Å². The van der Waals surface area contributed by atoms with Crippen LogP contribution in [0.3, 0.4) is 0 Å². The van der Waals surface area contributed by atoms with E-state index in [9.17, 15) is 30.6 Å². The minimum atomic E-state index is -1.76. The molecule has 1 saturated carbocycles. The molecule has 0 aromatic rings. The van der Waals surface area contributed by atoms with Crippen LogP contribution in [0.25, 0.3) is 0 Å². The second kappa shape index (κ2) is 15.7. The number of amidine groups is 1. The summed E-state index contributed by atoms with van der Waals surface area (Å²) in [7, 11) is 1.56. The largest absolute Gasteiger partial charge is 0.395 e. The molecule has 17 nitrogen and oxygen atoms in total. The average Bonchev–Trinajstić information content (AvgIpc) is 2.94. The van der Waals surface area contributed by atoms with Gasteiger partial charge in [-0.05, 0) is 33.2 Å². The van der Waals surface area contributed by atoms with E-state index >= 15 is 0 Å². The van der Waals surface area contributed by atoms with Crippen molar-refractivity contribution >= 4 is 5.84 Å². The smallest absolute Gasteiger partial charge is 0.185 e. The van der Waals surface area contributed by atoms with Crippen LogP contribution in [0.4, 0.5) is 0 Å². The van der Waals surface area contributed by atoms with E-state index in [2.05, 4.69) is 16.0 Å². The number of ether oxygens (including phenoxy) is 4. The van der Waals surface area contributed by atoms with Gasteiger partial charge < -0.3 is 82.1 Å². The minimum absolute atomic E-state index is 0.0225. The molecule has 0 spiro atoms. The molecule has 2 heterocycles. The summed E-state index contributed by atoms with van der Waals surface area (Å²) in [4.78, 5) is 0. The van der Waals surface area contributed by atoms with Crippen LogP contribution in [0.2, 0.25) is 0 Å². The molecule has 0 bridgehead atoms. The molecule has 3 aliphatic rings. The van der Waals surface area contributed by atoms with Gasteiger partial charge >= 0.3 is 0 Å². The lowest BCUT2D eigenvalue weighted by Crippen LogP contribution is -2.69. The van der Waals surface area contributed by atoms with Crippen molar-refractivity contribution in [1.82, 2.24) is 16.0 Å². The molecule has 17 heteroatoms. The van der Waals surface area contributed by atoms with Gasteiger partial charge in [0.05, 0.1) is 44.1 Å². The highest BCUT2D eigenvalue weighted by molar-refractivity contribution is 5.84. The van der Waals surface area contributed by atoms with E-state index < -0.39 is 91.4 Å². The Labute approximate surface area is 245 Å². The summed E-state index contributed by atoms with van der Waals surface area (Å²) in [6.45, 7) is 1.33. The Morgan fingerprint density at radius 2 is 1.76 bits per heavy atom. The lowest BCUT2D eigenvalue weighted by atomic mass is 9.83. The van der Waals surface area contributed by atoms with Crippen molar-refractivity contribution in [3.05, 3.63) is 0 Å². The number of rotatable bonds is 13. The van der Waals surface area contributed by atoms with E-state index in [-0.39, 0.29) is 25.7 Å². The highest BCUT2D eigenvalue weighted by atomic mass is 16.7. The zero-order chi connectivity index (χ0) is 31.2. The van der Waals surface area contributed by atoms with Crippen molar-refractivity contribution in [2.75, 3.05) is 40.0 Å². The Balaban J connectivity index is 1.80. The molecular weight excluding hydrogens is 560 g/mol. The van der Waals surface area contributed by atoms with Gasteiger partial charge in [-0.2, -0.15) is 0 Å². The summed E-state index contributed by atoms with van der Waals surface area (Å²) >= 11 is 0. The quantitative estimate of drug-likeness (QED) is 0.0524. The molecular formula is C25H50N6O11. The van der Waals surface area contributed by atoms with Crippen molar-refractivity contribution in [3.8, 4) is 0 Å². The van der Waals surface area contributed by atoms with Crippen LogP contribution in [0.15, 0.2) is 0 Å². The van der Waals surface area contributed by atoms with Crippen LogP contribution in [-0.4, -0.2) is 167 Å². The van der Waals surface area contributed by atoms with Gasteiger partial charge in [0.2, 0.25) is 0 Å². The Bertz CT molecular complexity index is 847. The summed E-state index contributed by atoms with van der Waals surface area (Å²) in [6.07, 6.45) is -9.77. The minimum Gasteiger partial charge on any atom is -0.395 e. The SMILES string of the molecule is CNC1[C@@H](O)[C@@H](OC2C(O)C(O[C@H]3O[C@H](CNCCO)CCC3N)[C@@H](N)C[C@H]2NC(=N)C(O)C(O)CO)OCC1(C)O. The van der Waals surface area contributed by atoms with Crippen molar-refractivity contribution in [1.29, 1.82) is 5.41 Å². The van der Waals surface area contributed by atoms with Crippen LogP contribution in [0.1, 0.15) is 26.2 Å². The summed E-state index contributed by atoms with van der Waals surface area (Å²) in [5.74, 6) is -0.550. The van der Waals surface area contributed by atoms with Crippen molar-refractivity contribution in [3.63, 3.8) is 0 Å². The molecule has 14 atom stereocenters. The maximum Gasteiger partial charge on any atom is 0.185 e. The van der Waals surface area contributed by atoms with Crippen LogP contribution < -0.4 is 27.4 Å². The number of hydrogen-bond acceptors (Lipinski definition) is 16. The van der Waals surface area contributed by atoms with Gasteiger partial charge in [-0.1, -0.05) is 0 Å². The number of aliphatic hydroxyl groups excluding tert-OH is 6. The molecule has 0 amide bonds. The van der Waals surface area contributed by atoms with Crippen molar-refractivity contribution in [2.24, 2.45) is 11.5 Å². The van der Waals surface area contributed by atoms with Gasteiger partial charge in [0.15, 0.2) is 12.6 Å². The molecule has 246 valence electrons. The molecule has 15 N–H and O–H groups in total. The molecule has 3 rings (SSSR count). The summed E-state index contributed by atoms with van der Waals surface area (Å²) in [5.41, 5.74) is 11.3. The van der Waals surface area contributed by atoms with Gasteiger partial charge in [-0.15, -0.1) is 0 Å². The predicted molar refractivity (Wildman–Crippen MR) is 147 cm³/mol. The summed E-state index contributed by atoms with van der Waals surface area (Å²) in [5, 5.41) is 88.2. The first-order valence-corrected chi connectivity index (χ1v) is 14.3. The molecule has 1 aliphatic carbocycles. The van der Waals surface area contributed by atoms with Gasteiger partial charge in [0.1, 0.15) is 48.1 Å². The molecule has 8 unspecified atom stereocenters. The highest BCUT2D eigenvalue weighted by Gasteiger charge is 2.52. The third-order valence-electron chi connectivity index (χ3n) is 8.09. The Kier molecular flexibility index (Phi) is 13.2. The fraction of sp³-hybridized carbons (Fsp3) is 0.960. The fourth-order valence-corrected chi connectivity index (χ4v) is 5.69. The van der Waals surface area contributed by atoms with Crippen LogP contribution >= 0.6 is 0 Å². The Morgan fingerprint density at radius 1 is 1.07 bits per heavy atom. The second-order valence-electron chi connectivity index (χ2n) is 11.5. The van der Waals surface area contributed by atoms with Crippen molar-refractivity contribution < 1.29 is 54.7 Å². The lowest BCUT2D eigenvalue weighted by Gasteiger charge is -2.49. The normalized spacial score (nSPS) is 42.6. The zero-order valence-electron chi connectivity index (χ0n) is 24.1. The monoisotopic (exact) mass is 610 g/mol. The van der Waals surface area contributed by atoms with E-state index in [0.717, 1.165) is 0 Å². The lowest BCUT2D eigenvalue weighted by molar-refractivity contribution is -0.307. The maximum atomic E-state index is 11.5. The standard InChI is InChI=1S/C25H50N6O11/c1-25(38)10-39-24(18(37)21(25)29-2)42-20-14(31-22(28)16(35)15(34)9-33)7-13(27)19(17(20)36)41-23-12(26)4-3-11(40-23)8-30-5-6-32/h11-21,23-24,29-30,32-38H,3-10,26-27H2,1-2H3,(H2,28,31)/t11-,12?,13-,14+,15?,16?,17?,18+,19?,20?,21?,23+,24+,25?/m0/s1. The molecule has 0 aromatic heterocycles. The molecule has 0 aromatic carbocycles. The van der Waals surface area contributed by atoms with E-state index in [0.29, 0.717) is 25.9 Å². The van der Waals surface area contributed by atoms with Gasteiger partial charge in [-0.25, -0.2) is 0 Å². The average molecular weight is 611 g/mol. The van der Waals surface area contributed by atoms with E-state index in [1.165, 1.54) is 6.92 Å². The van der Waals surface area contributed by atoms with E-state index in [1.807, 2.05) is 0 Å². The third-order valence-corrected chi connectivity index (χ3v) is 8.09. The van der Waals surface area contributed by atoms with Gasteiger partial charge in [0, 0.05) is 19.1 Å². The number of nitrogens with two attached hydrogens (primary N) is 2. The van der Waals surface area contributed by atoms with E-state index in [1.54, 1.807) is 7.05 Å². The predicted octanol–water partition coefficient (Wildman–Crippen LogP) is -6.03. The molecule has 0 radical (unpaired) electrons. The van der Waals surface area contributed by atoms with E-state index in [4.69, 9.17) is 40.9 Å². The molecule has 3 fully saturated rings. The Hall–Kier alpha value is -1.13. The number of nitrogens with one attached hydrogen (secondary N) is 4. The topological polar surface area (TPSA) is 291 Å². The van der Waals surface area contributed by atoms with Crippen molar-refractivity contribution in [2.45, 2.75) is 111 Å². The first-order valence-electron chi connectivity index (χ1n) is 14.3. The van der Waals surface area contributed by atoms with Crippen LogP contribution in [0.5, 0.6) is 0 Å². The fourth-order valence-electron chi connectivity index (χ4n) is 5.69. The molecule has 2 aliphatic heterocycles. The van der Waals surface area contributed by atoms with Gasteiger partial charge in [-0.3, -0.25) is 5.41 Å². The maximum absolute atomic E-state index is 11.5. The molecule has 42 heavy (non-hydrogen) atoms. The Morgan fingerprint density at radius 3 is 2.40 bits per heavy atom. The first kappa shape index (κ1) is 35.4. The summed E-state index contributed by atoms with van der Waals surface area (Å²) in [6, 6.07) is -3.14. The number of hydrogen-bond donors (Lipinski definition) is 13.